The molecule has 1 rings (SSSR count). The van der Waals surface area contributed by atoms with E-state index in [-0.39, 0.29) is 5.60 Å². The molecule has 2 N–H and O–H groups in total. The smallest absolute Gasteiger partial charge is 0.0733 e. The van der Waals surface area contributed by atoms with Gasteiger partial charge in [-0.15, -0.1) is 0 Å². The largest absolute Gasteiger partial charge is 0.371 e. The summed E-state index contributed by atoms with van der Waals surface area (Å²) in [5.41, 5.74) is 5.68. The van der Waals surface area contributed by atoms with E-state index < -0.39 is 0 Å². The molecule has 2 heteroatoms. The molecular weight excluding hydrogens is 126 g/mol. The highest BCUT2D eigenvalue weighted by molar-refractivity contribution is 4.86. The molecule has 1 aliphatic carbocycles. The van der Waals surface area contributed by atoms with Crippen LogP contribution < -0.4 is 5.73 Å². The Morgan fingerprint density at radius 1 is 1.30 bits per heavy atom. The van der Waals surface area contributed by atoms with Gasteiger partial charge in [0, 0.05) is 6.04 Å². The van der Waals surface area contributed by atoms with E-state index in [0.717, 1.165) is 12.8 Å². The molecule has 0 bridgehead atoms. The van der Waals surface area contributed by atoms with Gasteiger partial charge in [-0.25, -0.2) is 0 Å². The molecule has 1 saturated carbocycles. The Hall–Kier alpha value is -0.0800. The summed E-state index contributed by atoms with van der Waals surface area (Å²) in [7, 11) is 0. The molecule has 0 spiro atoms. The fourth-order valence-electron chi connectivity index (χ4n) is 1.10. The second kappa shape index (κ2) is 2.51. The average molecular weight is 143 g/mol. The van der Waals surface area contributed by atoms with Crippen molar-refractivity contribution in [3.63, 3.8) is 0 Å². The normalized spacial score (nSPS) is 33.6. The lowest BCUT2D eigenvalue weighted by molar-refractivity contribution is -0.102. The number of nitrogens with two attached hydrogens (primary N) is 1. The van der Waals surface area contributed by atoms with Crippen LogP contribution in [0.1, 0.15) is 33.6 Å². The van der Waals surface area contributed by atoms with Crippen molar-refractivity contribution in [3.05, 3.63) is 0 Å². The Morgan fingerprint density at radius 3 is 2.00 bits per heavy atom. The van der Waals surface area contributed by atoms with Crippen LogP contribution in [0, 0.1) is 0 Å². The Bertz CT molecular complexity index is 117. The molecule has 0 aromatic heterocycles. The summed E-state index contributed by atoms with van der Waals surface area (Å²) in [5.74, 6) is 0. The van der Waals surface area contributed by atoms with Crippen LogP contribution >= 0.6 is 0 Å². The van der Waals surface area contributed by atoms with E-state index in [1.165, 1.54) is 0 Å². The third kappa shape index (κ3) is 1.96. The first-order valence-electron chi connectivity index (χ1n) is 3.92. The highest BCUT2D eigenvalue weighted by atomic mass is 16.5. The fourth-order valence-corrected chi connectivity index (χ4v) is 1.10. The lowest BCUT2D eigenvalue weighted by Gasteiger charge is -2.38. The first-order valence-corrected chi connectivity index (χ1v) is 3.92. The van der Waals surface area contributed by atoms with E-state index in [4.69, 9.17) is 10.5 Å². The zero-order valence-electron chi connectivity index (χ0n) is 7.05. The van der Waals surface area contributed by atoms with Gasteiger partial charge >= 0.3 is 0 Å². The van der Waals surface area contributed by atoms with Crippen molar-refractivity contribution in [2.75, 3.05) is 0 Å². The molecule has 0 radical (unpaired) electrons. The van der Waals surface area contributed by atoms with Gasteiger partial charge in [0.05, 0.1) is 11.7 Å². The van der Waals surface area contributed by atoms with Gasteiger partial charge in [-0.2, -0.15) is 0 Å². The molecule has 10 heavy (non-hydrogen) atoms. The van der Waals surface area contributed by atoms with Crippen LogP contribution in [0.25, 0.3) is 0 Å². The quantitative estimate of drug-likeness (QED) is 0.600. The molecule has 1 fully saturated rings. The number of hydrogen-bond acceptors (Lipinski definition) is 2. The van der Waals surface area contributed by atoms with Crippen LogP contribution in [-0.2, 0) is 4.74 Å². The van der Waals surface area contributed by atoms with Crippen LogP contribution in [-0.4, -0.2) is 17.7 Å². The molecule has 0 heterocycles. The van der Waals surface area contributed by atoms with E-state index in [9.17, 15) is 0 Å². The maximum absolute atomic E-state index is 5.70. The minimum absolute atomic E-state index is 0.0251. The molecule has 0 unspecified atom stereocenters. The van der Waals surface area contributed by atoms with Crippen molar-refractivity contribution in [3.8, 4) is 0 Å². The molecule has 0 aromatic carbocycles. The molecule has 1 aliphatic rings. The fraction of sp³-hybridized carbons (Fsp3) is 1.00. The topological polar surface area (TPSA) is 35.2 Å². The summed E-state index contributed by atoms with van der Waals surface area (Å²) in [6.45, 7) is 6.20. The summed E-state index contributed by atoms with van der Waals surface area (Å²) in [6.07, 6.45) is 2.58. The van der Waals surface area contributed by atoms with Crippen molar-refractivity contribution >= 4 is 0 Å². The van der Waals surface area contributed by atoms with Crippen molar-refractivity contribution in [2.45, 2.75) is 51.4 Å². The molecule has 60 valence electrons. The lowest BCUT2D eigenvalue weighted by Crippen LogP contribution is -2.48. The molecule has 0 aliphatic heterocycles. The van der Waals surface area contributed by atoms with E-state index in [1.54, 1.807) is 0 Å². The predicted molar refractivity (Wildman–Crippen MR) is 41.8 cm³/mol. The molecular formula is C8H17NO. The Morgan fingerprint density at radius 2 is 1.90 bits per heavy atom. The standard InChI is InChI=1S/C8H17NO/c1-8(2,3)10-7-5-4-6(7)9/h6-7H,4-5,9H2,1-3H3/t6-,7-/m1/s1. The zero-order chi connectivity index (χ0) is 7.78. The van der Waals surface area contributed by atoms with Gasteiger partial charge in [-0.3, -0.25) is 0 Å². The van der Waals surface area contributed by atoms with Gasteiger partial charge in [0.1, 0.15) is 0 Å². The van der Waals surface area contributed by atoms with E-state index >= 15 is 0 Å². The average Bonchev–Trinajstić information content (AvgIpc) is 1.78. The van der Waals surface area contributed by atoms with Crippen molar-refractivity contribution in [2.24, 2.45) is 5.73 Å². The van der Waals surface area contributed by atoms with Crippen LogP contribution in [0.3, 0.4) is 0 Å². The minimum atomic E-state index is -0.0251. The number of hydrogen-bond donors (Lipinski definition) is 1. The first-order chi connectivity index (χ1) is 4.49. The van der Waals surface area contributed by atoms with E-state index in [2.05, 4.69) is 20.8 Å². The summed E-state index contributed by atoms with van der Waals surface area (Å²) in [6, 6.07) is 0.291. The van der Waals surface area contributed by atoms with Gasteiger partial charge in [0.25, 0.3) is 0 Å². The second-order valence-corrected chi connectivity index (χ2v) is 4.01. The predicted octanol–water partition coefficient (Wildman–Crippen LogP) is 1.29. The van der Waals surface area contributed by atoms with Gasteiger partial charge in [-0.05, 0) is 33.6 Å². The van der Waals surface area contributed by atoms with E-state index in [1.807, 2.05) is 0 Å². The van der Waals surface area contributed by atoms with Gasteiger partial charge in [0.15, 0.2) is 0 Å². The lowest BCUT2D eigenvalue weighted by atomic mass is 9.89. The highest BCUT2D eigenvalue weighted by Crippen LogP contribution is 2.25. The zero-order valence-corrected chi connectivity index (χ0v) is 7.05. The maximum atomic E-state index is 5.70. The van der Waals surface area contributed by atoms with Gasteiger partial charge in [0.2, 0.25) is 0 Å². The third-order valence-electron chi connectivity index (χ3n) is 1.77. The molecule has 0 amide bonds. The van der Waals surface area contributed by atoms with Gasteiger partial charge in [-0.1, -0.05) is 0 Å². The monoisotopic (exact) mass is 143 g/mol. The summed E-state index contributed by atoms with van der Waals surface area (Å²) >= 11 is 0. The first kappa shape index (κ1) is 8.02. The second-order valence-electron chi connectivity index (χ2n) is 4.01. The van der Waals surface area contributed by atoms with E-state index in [0.29, 0.717) is 12.1 Å². The SMILES string of the molecule is CC(C)(C)O[C@@H]1CC[C@H]1N. The Kier molecular flexibility index (Phi) is 2.02. The van der Waals surface area contributed by atoms with Crippen molar-refractivity contribution in [1.82, 2.24) is 0 Å². The number of ether oxygens (including phenoxy) is 1. The van der Waals surface area contributed by atoms with Crippen molar-refractivity contribution in [1.29, 1.82) is 0 Å². The van der Waals surface area contributed by atoms with Crippen molar-refractivity contribution < 1.29 is 4.74 Å². The Balaban J connectivity index is 2.26. The highest BCUT2D eigenvalue weighted by Gasteiger charge is 2.31. The summed E-state index contributed by atoms with van der Waals surface area (Å²) in [4.78, 5) is 0. The molecule has 2 atom stereocenters. The minimum Gasteiger partial charge on any atom is -0.371 e. The maximum Gasteiger partial charge on any atom is 0.0733 e. The third-order valence-corrected chi connectivity index (χ3v) is 1.77. The van der Waals surface area contributed by atoms with Crippen LogP contribution in [0.4, 0.5) is 0 Å². The Labute approximate surface area is 62.7 Å². The molecule has 0 aromatic rings. The van der Waals surface area contributed by atoms with Crippen LogP contribution in [0.5, 0.6) is 0 Å². The summed E-state index contributed by atoms with van der Waals surface area (Å²) in [5, 5.41) is 0. The van der Waals surface area contributed by atoms with Crippen LogP contribution in [0.15, 0.2) is 0 Å². The number of rotatable bonds is 1. The molecule has 0 saturated heterocycles. The molecule has 2 nitrogen and oxygen atoms in total. The summed E-state index contributed by atoms with van der Waals surface area (Å²) < 4.78 is 5.66. The van der Waals surface area contributed by atoms with Gasteiger partial charge < -0.3 is 10.5 Å². The van der Waals surface area contributed by atoms with Crippen LogP contribution in [0.2, 0.25) is 0 Å².